The van der Waals surface area contributed by atoms with Gasteiger partial charge in [0.25, 0.3) is 10.0 Å². The van der Waals surface area contributed by atoms with Crippen molar-refractivity contribution in [2.75, 3.05) is 18.0 Å². The van der Waals surface area contributed by atoms with E-state index < -0.39 is 15.9 Å². The maximum atomic E-state index is 13.3. The van der Waals surface area contributed by atoms with E-state index in [-0.39, 0.29) is 17.5 Å². The Kier molecular flexibility index (Phi) is 7.20. The summed E-state index contributed by atoms with van der Waals surface area (Å²) in [4.78, 5) is 12.9. The highest BCUT2D eigenvalue weighted by molar-refractivity contribution is 7.92. The van der Waals surface area contributed by atoms with E-state index in [1.165, 1.54) is 24.3 Å². The molecule has 0 aliphatic rings. The fourth-order valence-electron chi connectivity index (χ4n) is 3.04. The summed E-state index contributed by atoms with van der Waals surface area (Å²) >= 11 is 5.90. The van der Waals surface area contributed by atoms with Crippen molar-refractivity contribution >= 4 is 33.2 Å². The van der Waals surface area contributed by atoms with Gasteiger partial charge in [0.05, 0.1) is 23.7 Å². The van der Waals surface area contributed by atoms with Gasteiger partial charge in [0.2, 0.25) is 5.91 Å². The van der Waals surface area contributed by atoms with Crippen molar-refractivity contribution in [3.8, 4) is 5.75 Å². The second-order valence-electron chi connectivity index (χ2n) is 6.86. The molecule has 0 aliphatic carbocycles. The minimum atomic E-state index is -3.98. The first-order chi connectivity index (χ1) is 14.8. The minimum Gasteiger partial charge on any atom is -0.497 e. The van der Waals surface area contributed by atoms with Gasteiger partial charge in [-0.2, -0.15) is 0 Å². The van der Waals surface area contributed by atoms with Crippen LogP contribution in [-0.2, 0) is 14.8 Å². The smallest absolute Gasteiger partial charge is 0.264 e. The normalized spacial score (nSPS) is 12.1. The molecule has 1 atom stereocenters. The van der Waals surface area contributed by atoms with Crippen LogP contribution in [0.1, 0.15) is 18.5 Å². The predicted octanol–water partition coefficient (Wildman–Crippen LogP) is 4.42. The number of methoxy groups -OCH3 is 1. The molecule has 0 saturated heterocycles. The summed E-state index contributed by atoms with van der Waals surface area (Å²) in [6, 6.07) is 21.4. The SMILES string of the molecule is COc1ccc([C@H](C)NC(=O)CN(c2ccccc2)S(=O)(=O)c2ccc(Cl)cc2)cc1. The van der Waals surface area contributed by atoms with Gasteiger partial charge in [0, 0.05) is 5.02 Å². The largest absolute Gasteiger partial charge is 0.497 e. The number of rotatable bonds is 8. The Labute approximate surface area is 187 Å². The van der Waals surface area contributed by atoms with E-state index in [0.717, 1.165) is 9.87 Å². The first kappa shape index (κ1) is 22.7. The van der Waals surface area contributed by atoms with E-state index >= 15 is 0 Å². The van der Waals surface area contributed by atoms with Gasteiger partial charge >= 0.3 is 0 Å². The number of nitrogens with one attached hydrogen (secondary N) is 1. The zero-order chi connectivity index (χ0) is 22.4. The summed E-state index contributed by atoms with van der Waals surface area (Å²) < 4.78 is 32.8. The van der Waals surface area contributed by atoms with Crippen molar-refractivity contribution in [3.05, 3.63) is 89.4 Å². The van der Waals surface area contributed by atoms with Crippen LogP contribution in [-0.4, -0.2) is 28.0 Å². The Balaban J connectivity index is 1.83. The van der Waals surface area contributed by atoms with Crippen molar-refractivity contribution in [1.82, 2.24) is 5.32 Å². The monoisotopic (exact) mass is 458 g/mol. The standard InChI is InChI=1S/C23H23ClN2O4S/c1-17(18-8-12-21(30-2)13-9-18)25-23(27)16-26(20-6-4-3-5-7-20)31(28,29)22-14-10-19(24)11-15-22/h3-15,17H,16H2,1-2H3,(H,25,27)/t17-/m0/s1. The molecule has 3 rings (SSSR count). The molecular weight excluding hydrogens is 436 g/mol. The molecular formula is C23H23ClN2O4S. The second-order valence-corrected chi connectivity index (χ2v) is 9.16. The summed E-state index contributed by atoms with van der Waals surface area (Å²) in [5.74, 6) is 0.288. The third kappa shape index (κ3) is 5.57. The average Bonchev–Trinajstić information content (AvgIpc) is 2.78. The van der Waals surface area contributed by atoms with Crippen LogP contribution in [0.15, 0.2) is 83.8 Å². The van der Waals surface area contributed by atoms with Gasteiger partial charge in [0.15, 0.2) is 0 Å². The third-order valence-electron chi connectivity index (χ3n) is 4.73. The van der Waals surface area contributed by atoms with Crippen molar-refractivity contribution < 1.29 is 17.9 Å². The molecule has 1 amide bonds. The molecule has 3 aromatic rings. The lowest BCUT2D eigenvalue weighted by Gasteiger charge is -2.25. The van der Waals surface area contributed by atoms with Crippen LogP contribution in [0.4, 0.5) is 5.69 Å². The molecule has 6 nitrogen and oxygen atoms in total. The molecule has 0 fully saturated rings. The highest BCUT2D eigenvalue weighted by Gasteiger charge is 2.27. The molecule has 0 spiro atoms. The van der Waals surface area contributed by atoms with Gasteiger partial charge in [0.1, 0.15) is 12.3 Å². The number of benzene rings is 3. The summed E-state index contributed by atoms with van der Waals surface area (Å²) in [5, 5.41) is 3.29. The molecule has 0 radical (unpaired) electrons. The van der Waals surface area contributed by atoms with E-state index in [9.17, 15) is 13.2 Å². The van der Waals surface area contributed by atoms with Crippen LogP contribution in [0.3, 0.4) is 0 Å². The number of carbonyl (C=O) groups is 1. The second kappa shape index (κ2) is 9.85. The maximum Gasteiger partial charge on any atom is 0.264 e. The Morgan fingerprint density at radius 2 is 1.61 bits per heavy atom. The van der Waals surface area contributed by atoms with Crippen LogP contribution in [0.2, 0.25) is 5.02 Å². The van der Waals surface area contributed by atoms with E-state index in [2.05, 4.69) is 5.32 Å². The number of nitrogens with zero attached hydrogens (tertiary/aromatic N) is 1. The number of anilines is 1. The lowest BCUT2D eigenvalue weighted by Crippen LogP contribution is -2.41. The number of para-hydroxylation sites is 1. The fraction of sp³-hybridized carbons (Fsp3) is 0.174. The minimum absolute atomic E-state index is 0.0526. The first-order valence-electron chi connectivity index (χ1n) is 9.58. The van der Waals surface area contributed by atoms with Gasteiger partial charge < -0.3 is 10.1 Å². The lowest BCUT2D eigenvalue weighted by atomic mass is 10.1. The Hall–Kier alpha value is -3.03. The summed E-state index contributed by atoms with van der Waals surface area (Å²) in [6.07, 6.45) is 0. The van der Waals surface area contributed by atoms with Gasteiger partial charge in [-0.05, 0) is 61.0 Å². The molecule has 0 heterocycles. The summed E-state index contributed by atoms with van der Waals surface area (Å²) in [5.41, 5.74) is 1.27. The molecule has 31 heavy (non-hydrogen) atoms. The molecule has 3 aromatic carbocycles. The number of amides is 1. The zero-order valence-electron chi connectivity index (χ0n) is 17.2. The van der Waals surface area contributed by atoms with Crippen LogP contribution < -0.4 is 14.4 Å². The number of hydrogen-bond donors (Lipinski definition) is 1. The van der Waals surface area contributed by atoms with Crippen LogP contribution >= 0.6 is 11.6 Å². The van der Waals surface area contributed by atoms with Gasteiger partial charge in [-0.1, -0.05) is 41.9 Å². The predicted molar refractivity (Wildman–Crippen MR) is 122 cm³/mol. The fourth-order valence-corrected chi connectivity index (χ4v) is 4.58. The summed E-state index contributed by atoms with van der Waals surface area (Å²) in [7, 11) is -2.40. The highest BCUT2D eigenvalue weighted by Crippen LogP contribution is 2.25. The molecule has 162 valence electrons. The number of sulfonamides is 1. The van der Waals surface area contributed by atoms with Crippen molar-refractivity contribution in [1.29, 1.82) is 0 Å². The van der Waals surface area contributed by atoms with E-state index in [1.54, 1.807) is 49.6 Å². The van der Waals surface area contributed by atoms with E-state index in [4.69, 9.17) is 16.3 Å². The lowest BCUT2D eigenvalue weighted by molar-refractivity contribution is -0.120. The van der Waals surface area contributed by atoms with Crippen LogP contribution in [0.5, 0.6) is 5.75 Å². The van der Waals surface area contributed by atoms with Crippen LogP contribution in [0.25, 0.3) is 0 Å². The zero-order valence-corrected chi connectivity index (χ0v) is 18.7. The number of carbonyl (C=O) groups excluding carboxylic acids is 1. The van der Waals surface area contributed by atoms with Gasteiger partial charge in [-0.25, -0.2) is 8.42 Å². The molecule has 0 saturated carbocycles. The van der Waals surface area contributed by atoms with Crippen molar-refractivity contribution in [3.63, 3.8) is 0 Å². The Bertz CT molecular complexity index is 1120. The average molecular weight is 459 g/mol. The summed E-state index contributed by atoms with van der Waals surface area (Å²) in [6.45, 7) is 1.47. The first-order valence-corrected chi connectivity index (χ1v) is 11.4. The molecule has 8 heteroatoms. The molecule has 0 bridgehead atoms. The van der Waals surface area contributed by atoms with Crippen LogP contribution in [0, 0.1) is 0 Å². The molecule has 0 aliphatic heterocycles. The van der Waals surface area contributed by atoms with E-state index in [1.807, 2.05) is 19.1 Å². The maximum absolute atomic E-state index is 13.3. The highest BCUT2D eigenvalue weighted by atomic mass is 35.5. The number of ether oxygens (including phenoxy) is 1. The quantitative estimate of drug-likeness (QED) is 0.542. The molecule has 0 aromatic heterocycles. The molecule has 1 N–H and O–H groups in total. The number of hydrogen-bond acceptors (Lipinski definition) is 4. The topological polar surface area (TPSA) is 75.7 Å². The number of halogens is 1. The third-order valence-corrected chi connectivity index (χ3v) is 6.77. The Morgan fingerprint density at radius 1 is 1.00 bits per heavy atom. The van der Waals surface area contributed by atoms with Crippen molar-refractivity contribution in [2.45, 2.75) is 17.9 Å². The van der Waals surface area contributed by atoms with E-state index in [0.29, 0.717) is 16.5 Å². The Morgan fingerprint density at radius 3 is 2.19 bits per heavy atom. The van der Waals surface area contributed by atoms with Gasteiger partial charge in [-0.15, -0.1) is 0 Å². The van der Waals surface area contributed by atoms with Crippen molar-refractivity contribution in [2.24, 2.45) is 0 Å². The molecule has 0 unspecified atom stereocenters. The van der Waals surface area contributed by atoms with Gasteiger partial charge in [-0.3, -0.25) is 9.10 Å².